The van der Waals surface area contributed by atoms with Crippen LogP contribution in [0.2, 0.25) is 0 Å². The highest BCUT2D eigenvalue weighted by Crippen LogP contribution is 2.50. The Hall–Kier alpha value is -4.71. The molecule has 36 heavy (non-hydrogen) atoms. The Morgan fingerprint density at radius 2 is 1.61 bits per heavy atom. The highest BCUT2D eigenvalue weighted by atomic mass is 16.5. The molecule has 6 aromatic rings. The highest BCUT2D eigenvalue weighted by Gasteiger charge is 2.34. The molecule has 1 aliphatic heterocycles. The third-order valence-corrected chi connectivity index (χ3v) is 6.87. The van der Waals surface area contributed by atoms with Crippen LogP contribution in [0.3, 0.4) is 0 Å². The lowest BCUT2D eigenvalue weighted by Gasteiger charge is -2.28. The van der Waals surface area contributed by atoms with E-state index in [0.29, 0.717) is 11.7 Å². The van der Waals surface area contributed by atoms with Gasteiger partial charge < -0.3 is 9.64 Å². The summed E-state index contributed by atoms with van der Waals surface area (Å²) in [6.07, 6.45) is 1.69. The molecule has 174 valence electrons. The van der Waals surface area contributed by atoms with Gasteiger partial charge in [-0.3, -0.25) is 0 Å². The first-order chi connectivity index (χ1) is 17.7. The summed E-state index contributed by atoms with van der Waals surface area (Å²) in [4.78, 5) is 11.8. The van der Waals surface area contributed by atoms with Crippen molar-refractivity contribution in [1.29, 1.82) is 0 Å². The maximum Gasteiger partial charge on any atom is 0.228 e. The van der Waals surface area contributed by atoms with E-state index >= 15 is 0 Å². The van der Waals surface area contributed by atoms with Gasteiger partial charge in [0.15, 0.2) is 11.5 Å². The fraction of sp³-hybridized carbons (Fsp3) is 0.100. The average Bonchev–Trinajstić information content (AvgIpc) is 3.37. The van der Waals surface area contributed by atoms with Crippen molar-refractivity contribution in [3.63, 3.8) is 0 Å². The van der Waals surface area contributed by atoms with E-state index in [1.165, 1.54) is 0 Å². The van der Waals surface area contributed by atoms with E-state index in [1.54, 1.807) is 10.8 Å². The molecule has 0 saturated carbocycles. The van der Waals surface area contributed by atoms with Gasteiger partial charge in [-0.15, -0.1) is 5.10 Å². The van der Waals surface area contributed by atoms with Crippen LogP contribution in [0.4, 0.5) is 5.69 Å². The van der Waals surface area contributed by atoms with Crippen LogP contribution < -0.4 is 9.64 Å². The van der Waals surface area contributed by atoms with Gasteiger partial charge >= 0.3 is 0 Å². The van der Waals surface area contributed by atoms with E-state index in [-0.39, 0.29) is 5.92 Å². The van der Waals surface area contributed by atoms with Crippen LogP contribution in [-0.4, -0.2) is 33.7 Å². The molecule has 0 fully saturated rings. The third-order valence-electron chi connectivity index (χ3n) is 6.87. The Morgan fingerprint density at radius 3 is 2.42 bits per heavy atom. The predicted octanol–water partition coefficient (Wildman–Crippen LogP) is 6.30. The first kappa shape index (κ1) is 20.6. The van der Waals surface area contributed by atoms with Crippen molar-refractivity contribution >= 4 is 22.1 Å². The maximum absolute atomic E-state index is 6.51. The number of nitrogens with zero attached hydrogens (tertiary/aromatic N) is 5. The standard InChI is InChI=1S/C30H23N5O/c1-34(2)22-15-12-21(13-16-22)28-32-29-26-25(20-9-4-3-5-10-20)24-17-14-19-8-6-7-11-23(19)27(24)36-30(26)31-18-35(29)33-28/h3-18,25H,1-2H3. The predicted molar refractivity (Wildman–Crippen MR) is 142 cm³/mol. The second-order valence-electron chi connectivity index (χ2n) is 9.26. The number of anilines is 1. The molecule has 7 rings (SSSR count). The molecular formula is C30H23N5O. The minimum absolute atomic E-state index is 0.0843. The molecule has 0 bridgehead atoms. The number of fused-ring (bicyclic) bond motifs is 6. The van der Waals surface area contributed by atoms with E-state index in [2.05, 4.69) is 77.7 Å². The summed E-state index contributed by atoms with van der Waals surface area (Å²) in [6.45, 7) is 0. The lowest BCUT2D eigenvalue weighted by atomic mass is 9.83. The van der Waals surface area contributed by atoms with E-state index in [9.17, 15) is 0 Å². The van der Waals surface area contributed by atoms with Crippen molar-refractivity contribution in [3.8, 4) is 23.0 Å². The van der Waals surface area contributed by atoms with Crippen LogP contribution in [0.1, 0.15) is 22.6 Å². The summed E-state index contributed by atoms with van der Waals surface area (Å²) in [5.74, 6) is 2.00. The first-order valence-electron chi connectivity index (χ1n) is 11.9. The van der Waals surface area contributed by atoms with Crippen LogP contribution in [0.25, 0.3) is 27.8 Å². The molecule has 1 aliphatic rings. The monoisotopic (exact) mass is 469 g/mol. The molecule has 1 unspecified atom stereocenters. The van der Waals surface area contributed by atoms with Crippen LogP contribution in [0.15, 0.2) is 97.3 Å². The molecule has 0 spiro atoms. The minimum Gasteiger partial charge on any atom is -0.438 e. The largest absolute Gasteiger partial charge is 0.438 e. The third kappa shape index (κ3) is 3.15. The molecule has 0 amide bonds. The van der Waals surface area contributed by atoms with Gasteiger partial charge in [-0.25, -0.2) is 14.5 Å². The summed E-state index contributed by atoms with van der Waals surface area (Å²) in [6, 6.07) is 31.4. The number of hydrogen-bond donors (Lipinski definition) is 0. The molecule has 0 N–H and O–H groups in total. The van der Waals surface area contributed by atoms with Crippen molar-refractivity contribution in [1.82, 2.24) is 19.6 Å². The molecular weight excluding hydrogens is 446 g/mol. The zero-order valence-corrected chi connectivity index (χ0v) is 20.0. The number of rotatable bonds is 3. The maximum atomic E-state index is 6.51. The Labute approximate surface area is 208 Å². The van der Waals surface area contributed by atoms with Crippen molar-refractivity contribution in [2.75, 3.05) is 19.0 Å². The van der Waals surface area contributed by atoms with Crippen LogP contribution in [0.5, 0.6) is 11.6 Å². The second-order valence-corrected chi connectivity index (χ2v) is 9.26. The zero-order valence-electron chi connectivity index (χ0n) is 20.0. The smallest absolute Gasteiger partial charge is 0.228 e. The quantitative estimate of drug-likeness (QED) is 0.304. The van der Waals surface area contributed by atoms with Crippen molar-refractivity contribution in [2.45, 2.75) is 5.92 Å². The number of benzene rings is 4. The number of hydrogen-bond acceptors (Lipinski definition) is 5. The van der Waals surface area contributed by atoms with Gasteiger partial charge in [-0.2, -0.15) is 0 Å². The van der Waals surface area contributed by atoms with Crippen molar-refractivity contribution < 1.29 is 4.74 Å². The highest BCUT2D eigenvalue weighted by molar-refractivity contribution is 5.91. The van der Waals surface area contributed by atoms with Gasteiger partial charge in [0.05, 0.1) is 5.56 Å². The SMILES string of the molecule is CN(C)c1ccc(-c2nc3c4c(ncn3n2)Oc2c(ccc3ccccc23)C4c2ccccc2)cc1. The summed E-state index contributed by atoms with van der Waals surface area (Å²) < 4.78 is 8.27. The molecule has 2 aromatic heterocycles. The Balaban J connectivity index is 1.46. The molecule has 6 nitrogen and oxygen atoms in total. The molecule has 0 saturated heterocycles. The van der Waals surface area contributed by atoms with Gasteiger partial charge in [-0.05, 0) is 35.2 Å². The molecule has 0 radical (unpaired) electrons. The fourth-order valence-electron chi connectivity index (χ4n) is 5.07. The fourth-order valence-corrected chi connectivity index (χ4v) is 5.07. The van der Waals surface area contributed by atoms with E-state index in [4.69, 9.17) is 19.8 Å². The molecule has 0 aliphatic carbocycles. The summed E-state index contributed by atoms with van der Waals surface area (Å²) in [7, 11) is 4.06. The van der Waals surface area contributed by atoms with Crippen molar-refractivity contribution in [2.24, 2.45) is 0 Å². The van der Waals surface area contributed by atoms with E-state index in [0.717, 1.165) is 50.1 Å². The minimum atomic E-state index is -0.0843. The van der Waals surface area contributed by atoms with Crippen LogP contribution in [-0.2, 0) is 0 Å². The van der Waals surface area contributed by atoms with Gasteiger partial charge in [-0.1, -0.05) is 66.7 Å². The summed E-state index contributed by atoms with van der Waals surface area (Å²) >= 11 is 0. The molecule has 6 heteroatoms. The Bertz CT molecular complexity index is 1740. The Kier molecular flexibility index (Phi) is 4.54. The van der Waals surface area contributed by atoms with Gasteiger partial charge in [0, 0.05) is 42.2 Å². The normalized spacial score (nSPS) is 14.3. The zero-order chi connectivity index (χ0) is 24.2. The number of ether oxygens (including phenoxy) is 1. The second kappa shape index (κ2) is 7.92. The molecule has 4 aromatic carbocycles. The number of aromatic nitrogens is 4. The topological polar surface area (TPSA) is 55.6 Å². The van der Waals surface area contributed by atoms with Crippen LogP contribution in [0, 0.1) is 0 Å². The van der Waals surface area contributed by atoms with Gasteiger partial charge in [0.25, 0.3) is 0 Å². The van der Waals surface area contributed by atoms with Crippen molar-refractivity contribution in [3.05, 3.63) is 114 Å². The molecule has 3 heterocycles. The Morgan fingerprint density at radius 1 is 0.833 bits per heavy atom. The van der Waals surface area contributed by atoms with Crippen LogP contribution >= 0.6 is 0 Å². The average molecular weight is 470 g/mol. The summed E-state index contributed by atoms with van der Waals surface area (Å²) in [5, 5.41) is 6.99. The van der Waals surface area contributed by atoms with Gasteiger partial charge in [0.2, 0.25) is 5.88 Å². The summed E-state index contributed by atoms with van der Waals surface area (Å²) in [5.41, 5.74) is 6.02. The molecule has 1 atom stereocenters. The lowest BCUT2D eigenvalue weighted by Crippen LogP contribution is -2.15. The lowest BCUT2D eigenvalue weighted by molar-refractivity contribution is 0.437. The first-order valence-corrected chi connectivity index (χ1v) is 11.9. The van der Waals surface area contributed by atoms with Gasteiger partial charge in [0.1, 0.15) is 12.1 Å². The van der Waals surface area contributed by atoms with E-state index in [1.807, 2.05) is 32.3 Å². The van der Waals surface area contributed by atoms with E-state index < -0.39 is 0 Å².